The lowest BCUT2D eigenvalue weighted by Crippen LogP contribution is -2.21. The molecule has 0 aliphatic heterocycles. The molecule has 0 atom stereocenters. The van der Waals surface area contributed by atoms with Crippen LogP contribution in [-0.2, 0) is 19.1 Å². The topological polar surface area (TPSA) is 96.7 Å². The maximum Gasteiger partial charge on any atom is 0.343 e. The average Bonchev–Trinajstić information content (AvgIpc) is 2.38. The number of nitrogens with one attached hydrogen (secondary N) is 1. The third-order valence-corrected chi connectivity index (χ3v) is 2.68. The summed E-state index contributed by atoms with van der Waals surface area (Å²) in [6.07, 6.45) is 2.86. The number of rotatable bonds is 10. The van der Waals surface area contributed by atoms with Gasteiger partial charge in [-0.05, 0) is 19.8 Å². The van der Waals surface area contributed by atoms with Gasteiger partial charge in [0.25, 0.3) is 0 Å². The largest absolute Gasteiger partial charge is 0.512 e. The maximum absolute atomic E-state index is 11.8. The van der Waals surface area contributed by atoms with Crippen LogP contribution < -0.4 is 0 Å². The van der Waals surface area contributed by atoms with Crippen molar-refractivity contribution >= 4 is 17.7 Å². The monoisotopic (exact) mass is 299 g/mol. The molecule has 0 amide bonds. The van der Waals surface area contributed by atoms with Gasteiger partial charge in [0, 0.05) is 0 Å². The number of carbonyl (C=O) groups excluding carboxylic acids is 2. The molecule has 0 aliphatic rings. The molecule has 0 fully saturated rings. The van der Waals surface area contributed by atoms with Crippen LogP contribution in [-0.4, -0.2) is 36.0 Å². The molecule has 0 unspecified atom stereocenters. The van der Waals surface area contributed by atoms with Crippen LogP contribution in [0.4, 0.5) is 0 Å². The minimum Gasteiger partial charge on any atom is -0.512 e. The van der Waals surface area contributed by atoms with E-state index in [-0.39, 0.29) is 30.1 Å². The molecule has 0 heterocycles. The number of ether oxygens (including phenoxy) is 2. The molecule has 2 N–H and O–H groups in total. The summed E-state index contributed by atoms with van der Waals surface area (Å²) in [5.74, 6) is -1.70. The molecule has 0 aromatic rings. The Morgan fingerprint density at radius 3 is 2.05 bits per heavy atom. The number of hydrogen-bond donors (Lipinski definition) is 2. The van der Waals surface area contributed by atoms with Crippen molar-refractivity contribution in [1.29, 1.82) is 5.41 Å². The zero-order valence-corrected chi connectivity index (χ0v) is 13.0. The van der Waals surface area contributed by atoms with Crippen LogP contribution in [0.15, 0.2) is 11.3 Å². The van der Waals surface area contributed by atoms with E-state index in [1.54, 1.807) is 0 Å². The Bertz CT molecular complexity index is 397. The highest BCUT2D eigenvalue weighted by atomic mass is 16.5. The summed E-state index contributed by atoms with van der Waals surface area (Å²) < 4.78 is 9.88. The fraction of sp³-hybridized carbons (Fsp3) is 0.667. The standard InChI is InChI=1S/C15H25NO5/c1-4-6-8-20-13(18)10-12(16)14(11(3)17)15(19)21-9-7-5-2/h16-17H,4-10H2,1-3H3. The lowest BCUT2D eigenvalue weighted by atomic mass is 10.1. The van der Waals surface area contributed by atoms with Crippen molar-refractivity contribution in [2.24, 2.45) is 0 Å². The lowest BCUT2D eigenvalue weighted by molar-refractivity contribution is -0.142. The maximum atomic E-state index is 11.8. The highest BCUT2D eigenvalue weighted by Gasteiger charge is 2.22. The van der Waals surface area contributed by atoms with Gasteiger partial charge in [-0.15, -0.1) is 0 Å². The van der Waals surface area contributed by atoms with E-state index < -0.39 is 11.9 Å². The molecule has 120 valence electrons. The molecular formula is C15H25NO5. The van der Waals surface area contributed by atoms with Crippen LogP contribution in [0.3, 0.4) is 0 Å². The van der Waals surface area contributed by atoms with Gasteiger partial charge in [0.15, 0.2) is 0 Å². The molecule has 0 aromatic heterocycles. The van der Waals surface area contributed by atoms with E-state index >= 15 is 0 Å². The van der Waals surface area contributed by atoms with Gasteiger partial charge in [0.2, 0.25) is 0 Å². The van der Waals surface area contributed by atoms with Crippen LogP contribution in [0.2, 0.25) is 0 Å². The minimum absolute atomic E-state index is 0.223. The molecule has 0 spiro atoms. The Morgan fingerprint density at radius 1 is 1.05 bits per heavy atom. The van der Waals surface area contributed by atoms with Crippen LogP contribution in [0.5, 0.6) is 0 Å². The molecule has 0 saturated carbocycles. The van der Waals surface area contributed by atoms with E-state index in [0.29, 0.717) is 13.0 Å². The van der Waals surface area contributed by atoms with Gasteiger partial charge in [-0.25, -0.2) is 4.79 Å². The zero-order valence-electron chi connectivity index (χ0n) is 13.0. The van der Waals surface area contributed by atoms with Gasteiger partial charge >= 0.3 is 11.9 Å². The molecule has 21 heavy (non-hydrogen) atoms. The molecule has 0 saturated heterocycles. The van der Waals surface area contributed by atoms with E-state index in [0.717, 1.165) is 19.3 Å². The van der Waals surface area contributed by atoms with Crippen LogP contribution in [0, 0.1) is 5.41 Å². The number of carbonyl (C=O) groups is 2. The molecule has 0 bridgehead atoms. The average molecular weight is 299 g/mol. The first-order chi connectivity index (χ1) is 9.93. The Balaban J connectivity index is 4.54. The van der Waals surface area contributed by atoms with Gasteiger partial charge in [0.1, 0.15) is 11.3 Å². The third kappa shape index (κ3) is 8.12. The second kappa shape index (κ2) is 10.9. The predicted octanol–water partition coefficient (Wildman–Crippen LogP) is 2.91. The SMILES string of the molecule is CCCCOC(=O)CC(=N)C(C(=O)OCCCC)=C(C)O. The van der Waals surface area contributed by atoms with Crippen molar-refractivity contribution in [1.82, 2.24) is 0 Å². The van der Waals surface area contributed by atoms with E-state index in [1.165, 1.54) is 6.92 Å². The molecular weight excluding hydrogens is 274 g/mol. The first-order valence-electron chi connectivity index (χ1n) is 7.24. The smallest absolute Gasteiger partial charge is 0.343 e. The van der Waals surface area contributed by atoms with Gasteiger partial charge in [-0.1, -0.05) is 26.7 Å². The summed E-state index contributed by atoms with van der Waals surface area (Å²) in [7, 11) is 0. The molecule has 0 radical (unpaired) electrons. The Kier molecular flexibility index (Phi) is 9.92. The van der Waals surface area contributed by atoms with Crippen LogP contribution in [0.25, 0.3) is 0 Å². The second-order valence-electron chi connectivity index (χ2n) is 4.68. The van der Waals surface area contributed by atoms with E-state index in [1.807, 2.05) is 13.8 Å². The van der Waals surface area contributed by atoms with Gasteiger partial charge in [-0.2, -0.15) is 0 Å². The van der Waals surface area contributed by atoms with Crippen molar-refractivity contribution in [2.45, 2.75) is 52.9 Å². The second-order valence-corrected chi connectivity index (χ2v) is 4.68. The molecule has 0 aliphatic carbocycles. The summed E-state index contributed by atoms with van der Waals surface area (Å²) in [5.41, 5.74) is -0.559. The number of aliphatic hydroxyl groups excluding tert-OH is 1. The Hall–Kier alpha value is -1.85. The number of allylic oxidation sites excluding steroid dienone is 1. The Labute approximate surface area is 125 Å². The van der Waals surface area contributed by atoms with Crippen molar-refractivity contribution < 1.29 is 24.2 Å². The van der Waals surface area contributed by atoms with Crippen molar-refractivity contribution in [3.63, 3.8) is 0 Å². The molecule has 6 heteroatoms. The summed E-state index contributed by atoms with van der Waals surface area (Å²) in [6, 6.07) is 0. The van der Waals surface area contributed by atoms with Crippen molar-refractivity contribution in [2.75, 3.05) is 13.2 Å². The van der Waals surface area contributed by atoms with Crippen molar-refractivity contribution in [3.8, 4) is 0 Å². The first-order valence-corrected chi connectivity index (χ1v) is 7.24. The fourth-order valence-electron chi connectivity index (χ4n) is 1.48. The van der Waals surface area contributed by atoms with E-state index in [9.17, 15) is 14.7 Å². The minimum atomic E-state index is -0.783. The predicted molar refractivity (Wildman–Crippen MR) is 79.4 cm³/mol. The zero-order chi connectivity index (χ0) is 16.3. The highest BCUT2D eigenvalue weighted by molar-refractivity contribution is 6.22. The van der Waals surface area contributed by atoms with Crippen molar-refractivity contribution in [3.05, 3.63) is 11.3 Å². The summed E-state index contributed by atoms with van der Waals surface area (Å²) in [6.45, 7) is 5.73. The van der Waals surface area contributed by atoms with Gasteiger partial charge in [0.05, 0.1) is 25.3 Å². The van der Waals surface area contributed by atoms with Crippen LogP contribution >= 0.6 is 0 Å². The third-order valence-electron chi connectivity index (χ3n) is 2.68. The molecule has 6 nitrogen and oxygen atoms in total. The summed E-state index contributed by atoms with van der Waals surface area (Å²) in [5, 5.41) is 17.3. The quantitative estimate of drug-likeness (QED) is 0.212. The van der Waals surface area contributed by atoms with E-state index in [2.05, 4.69) is 0 Å². The van der Waals surface area contributed by atoms with E-state index in [4.69, 9.17) is 14.9 Å². The summed E-state index contributed by atoms with van der Waals surface area (Å²) >= 11 is 0. The first kappa shape index (κ1) is 19.1. The van der Waals surface area contributed by atoms with Crippen LogP contribution in [0.1, 0.15) is 52.9 Å². The Morgan fingerprint density at radius 2 is 1.57 bits per heavy atom. The number of unbranched alkanes of at least 4 members (excludes halogenated alkanes) is 2. The highest BCUT2D eigenvalue weighted by Crippen LogP contribution is 2.10. The normalized spacial score (nSPS) is 11.6. The lowest BCUT2D eigenvalue weighted by Gasteiger charge is -2.10. The number of aliphatic hydroxyl groups is 1. The number of esters is 2. The molecule has 0 aromatic carbocycles. The van der Waals surface area contributed by atoms with Gasteiger partial charge < -0.3 is 20.0 Å². The fourth-order valence-corrected chi connectivity index (χ4v) is 1.48. The summed E-state index contributed by atoms with van der Waals surface area (Å²) in [4.78, 5) is 23.3. The molecule has 0 rings (SSSR count). The number of hydrogen-bond acceptors (Lipinski definition) is 6. The van der Waals surface area contributed by atoms with Gasteiger partial charge in [-0.3, -0.25) is 4.79 Å².